The third-order valence-electron chi connectivity index (χ3n) is 4.17. The van der Waals surface area contributed by atoms with Crippen LogP contribution in [0.5, 0.6) is 0 Å². The zero-order valence-corrected chi connectivity index (χ0v) is 15.6. The lowest BCUT2D eigenvalue weighted by molar-refractivity contribution is -0.117. The van der Waals surface area contributed by atoms with Crippen molar-refractivity contribution >= 4 is 29.0 Å². The number of hydrogen-bond donors (Lipinski definition) is 1. The fourth-order valence-electron chi connectivity index (χ4n) is 2.68. The van der Waals surface area contributed by atoms with Gasteiger partial charge < -0.3 is 10.2 Å². The van der Waals surface area contributed by atoms with E-state index in [0.29, 0.717) is 17.8 Å². The predicted octanol–water partition coefficient (Wildman–Crippen LogP) is 3.89. The molecule has 0 aliphatic carbocycles. The van der Waals surface area contributed by atoms with Gasteiger partial charge in [0, 0.05) is 36.8 Å². The maximum atomic E-state index is 12.2. The summed E-state index contributed by atoms with van der Waals surface area (Å²) in [7, 11) is 0. The van der Waals surface area contributed by atoms with Crippen molar-refractivity contribution < 1.29 is 14.4 Å². The van der Waals surface area contributed by atoms with E-state index in [2.05, 4.69) is 5.32 Å². The number of hydrogen-bond acceptors (Lipinski definition) is 3. The molecule has 0 unspecified atom stereocenters. The Labute approximate surface area is 154 Å². The Morgan fingerprint density at radius 2 is 1.62 bits per heavy atom. The maximum absolute atomic E-state index is 12.2. The summed E-state index contributed by atoms with van der Waals surface area (Å²) in [6.45, 7) is 7.22. The van der Waals surface area contributed by atoms with Gasteiger partial charge in [0.05, 0.1) is 0 Å². The smallest absolute Gasteiger partial charge is 0.226 e. The number of benzene rings is 2. The van der Waals surface area contributed by atoms with E-state index in [9.17, 15) is 14.4 Å². The second-order valence-electron chi connectivity index (χ2n) is 6.39. The molecule has 0 bridgehead atoms. The molecule has 0 heterocycles. The van der Waals surface area contributed by atoms with E-state index < -0.39 is 0 Å². The minimum atomic E-state index is -0.183. The van der Waals surface area contributed by atoms with Gasteiger partial charge in [0.1, 0.15) is 0 Å². The molecular formula is C21H24N2O3. The Morgan fingerprint density at radius 1 is 0.962 bits per heavy atom. The minimum absolute atomic E-state index is 0.0199. The van der Waals surface area contributed by atoms with Crippen molar-refractivity contribution in [3.05, 3.63) is 59.2 Å². The normalized spacial score (nSPS) is 10.3. The number of carbonyl (C=O) groups is 3. The quantitative estimate of drug-likeness (QED) is 0.802. The molecule has 0 fully saturated rings. The van der Waals surface area contributed by atoms with Gasteiger partial charge in [-0.2, -0.15) is 0 Å². The first-order chi connectivity index (χ1) is 12.3. The van der Waals surface area contributed by atoms with Crippen molar-refractivity contribution in [1.82, 2.24) is 0 Å². The van der Waals surface area contributed by atoms with E-state index in [-0.39, 0.29) is 24.0 Å². The Bertz CT molecular complexity index is 826. The summed E-state index contributed by atoms with van der Waals surface area (Å²) < 4.78 is 0. The van der Waals surface area contributed by atoms with E-state index in [1.165, 1.54) is 13.8 Å². The van der Waals surface area contributed by atoms with Crippen LogP contribution in [0.2, 0.25) is 0 Å². The summed E-state index contributed by atoms with van der Waals surface area (Å²) in [6.07, 6.45) is 0.182. The summed E-state index contributed by atoms with van der Waals surface area (Å²) in [5.41, 5.74) is 4.11. The molecule has 0 aromatic heterocycles. The number of Topliss-reactive ketones (excluding diaryl/α,β-unsaturated/α-hetero) is 1. The zero-order chi connectivity index (χ0) is 19.3. The molecule has 0 aliphatic heterocycles. The molecule has 136 valence electrons. The first-order valence-corrected chi connectivity index (χ1v) is 8.54. The first-order valence-electron chi connectivity index (χ1n) is 8.54. The highest BCUT2D eigenvalue weighted by molar-refractivity contribution is 5.97. The highest BCUT2D eigenvalue weighted by atomic mass is 16.2. The number of ketones is 1. The molecular weight excluding hydrogens is 328 g/mol. The number of anilines is 2. The molecule has 5 heteroatoms. The highest BCUT2D eigenvalue weighted by Crippen LogP contribution is 2.22. The predicted molar refractivity (Wildman–Crippen MR) is 104 cm³/mol. The molecule has 5 nitrogen and oxygen atoms in total. The lowest BCUT2D eigenvalue weighted by Gasteiger charge is -2.23. The van der Waals surface area contributed by atoms with Gasteiger partial charge in [-0.3, -0.25) is 14.4 Å². The molecule has 1 N–H and O–H groups in total. The largest absolute Gasteiger partial charge is 0.326 e. The van der Waals surface area contributed by atoms with Crippen molar-refractivity contribution in [3.8, 4) is 0 Å². The molecule has 0 saturated heterocycles. The van der Waals surface area contributed by atoms with Gasteiger partial charge in [-0.1, -0.05) is 12.1 Å². The van der Waals surface area contributed by atoms with E-state index >= 15 is 0 Å². The first kappa shape index (κ1) is 19.4. The molecule has 26 heavy (non-hydrogen) atoms. The van der Waals surface area contributed by atoms with Crippen LogP contribution < -0.4 is 10.2 Å². The third-order valence-corrected chi connectivity index (χ3v) is 4.17. The Kier molecular flexibility index (Phi) is 6.28. The van der Waals surface area contributed by atoms with Crippen LogP contribution in [0.4, 0.5) is 11.4 Å². The summed E-state index contributed by atoms with van der Waals surface area (Å²) in [5.74, 6) is -0.303. The van der Waals surface area contributed by atoms with Gasteiger partial charge in [0.2, 0.25) is 11.8 Å². The Balaban J connectivity index is 2.02. The highest BCUT2D eigenvalue weighted by Gasteiger charge is 2.15. The number of nitrogens with zero attached hydrogens (tertiary/aromatic N) is 1. The Hall–Kier alpha value is -2.95. The van der Waals surface area contributed by atoms with Crippen LogP contribution in [-0.4, -0.2) is 24.1 Å². The van der Waals surface area contributed by atoms with Gasteiger partial charge in [-0.25, -0.2) is 0 Å². The second-order valence-corrected chi connectivity index (χ2v) is 6.39. The van der Waals surface area contributed by atoms with Crippen molar-refractivity contribution in [1.29, 1.82) is 0 Å². The summed E-state index contributed by atoms with van der Waals surface area (Å²) in [6, 6.07) is 12.7. The molecule has 0 aliphatic rings. The van der Waals surface area contributed by atoms with Crippen molar-refractivity contribution in [2.24, 2.45) is 0 Å². The van der Waals surface area contributed by atoms with Crippen LogP contribution in [0.1, 0.15) is 41.8 Å². The number of aryl methyl sites for hydroxylation is 2. The fourth-order valence-corrected chi connectivity index (χ4v) is 2.68. The average Bonchev–Trinajstić information content (AvgIpc) is 2.58. The topological polar surface area (TPSA) is 66.5 Å². The molecule has 0 spiro atoms. The van der Waals surface area contributed by atoms with Crippen molar-refractivity contribution in [2.75, 3.05) is 16.8 Å². The average molecular weight is 352 g/mol. The molecule has 2 aromatic rings. The van der Waals surface area contributed by atoms with E-state index in [1.807, 2.05) is 32.0 Å². The molecule has 2 amide bonds. The summed E-state index contributed by atoms with van der Waals surface area (Å²) in [5, 5.41) is 2.79. The van der Waals surface area contributed by atoms with Gasteiger partial charge in [0.15, 0.2) is 5.78 Å². The third kappa shape index (κ3) is 5.02. The molecule has 0 saturated carbocycles. The second kappa shape index (κ2) is 8.43. The number of rotatable bonds is 6. The van der Waals surface area contributed by atoms with Crippen LogP contribution in [0.15, 0.2) is 42.5 Å². The van der Waals surface area contributed by atoms with E-state index in [0.717, 1.165) is 16.8 Å². The maximum Gasteiger partial charge on any atom is 0.226 e. The monoisotopic (exact) mass is 352 g/mol. The van der Waals surface area contributed by atoms with Crippen molar-refractivity contribution in [3.63, 3.8) is 0 Å². The summed E-state index contributed by atoms with van der Waals surface area (Å²) >= 11 is 0. The van der Waals surface area contributed by atoms with Gasteiger partial charge in [-0.05, 0) is 62.2 Å². The van der Waals surface area contributed by atoms with Gasteiger partial charge >= 0.3 is 0 Å². The minimum Gasteiger partial charge on any atom is -0.326 e. The van der Waals surface area contributed by atoms with E-state index in [4.69, 9.17) is 0 Å². The Morgan fingerprint density at radius 3 is 2.19 bits per heavy atom. The molecule has 0 atom stereocenters. The summed E-state index contributed by atoms with van der Waals surface area (Å²) in [4.78, 5) is 37.2. The van der Waals surface area contributed by atoms with Crippen LogP contribution in [0.3, 0.4) is 0 Å². The van der Waals surface area contributed by atoms with Crippen molar-refractivity contribution in [2.45, 2.75) is 34.1 Å². The van der Waals surface area contributed by atoms with Gasteiger partial charge in [0.25, 0.3) is 0 Å². The number of carbonyl (C=O) groups excluding carboxylic acids is 3. The zero-order valence-electron chi connectivity index (χ0n) is 15.6. The molecule has 0 radical (unpaired) electrons. The van der Waals surface area contributed by atoms with Crippen LogP contribution >= 0.6 is 0 Å². The fraction of sp³-hybridized carbons (Fsp3) is 0.286. The molecule has 2 rings (SSSR count). The standard InChI is InChI=1S/C21H24N2O3/c1-14-5-6-15(2)20(13-14)23(17(4)25)12-11-21(26)22-19-9-7-18(8-10-19)16(3)24/h5-10,13H,11-12H2,1-4H3,(H,22,26). The lowest BCUT2D eigenvalue weighted by Crippen LogP contribution is -2.32. The SMILES string of the molecule is CC(=O)c1ccc(NC(=O)CCN(C(C)=O)c2cc(C)ccc2C)cc1. The van der Waals surface area contributed by atoms with Crippen LogP contribution in [0.25, 0.3) is 0 Å². The van der Waals surface area contributed by atoms with E-state index in [1.54, 1.807) is 29.2 Å². The molecule has 2 aromatic carbocycles. The van der Waals surface area contributed by atoms with Crippen LogP contribution in [-0.2, 0) is 9.59 Å². The number of amides is 2. The lowest BCUT2D eigenvalue weighted by atomic mass is 10.1. The van der Waals surface area contributed by atoms with Gasteiger partial charge in [-0.15, -0.1) is 0 Å². The van der Waals surface area contributed by atoms with Crippen LogP contribution in [0, 0.1) is 13.8 Å². The number of nitrogens with one attached hydrogen (secondary N) is 1.